The van der Waals surface area contributed by atoms with Crippen LogP contribution >= 0.6 is 0 Å². The fraction of sp³-hybridized carbons (Fsp3) is 0.107. The number of aromatic nitrogens is 1. The Morgan fingerprint density at radius 1 is 0.853 bits per heavy atom. The number of para-hydroxylation sites is 1. The summed E-state index contributed by atoms with van der Waals surface area (Å²) in [6, 6.07) is 30.5. The fourth-order valence-corrected chi connectivity index (χ4v) is 3.51. The lowest BCUT2D eigenvalue weighted by molar-refractivity contribution is -0.118. The molecule has 34 heavy (non-hydrogen) atoms. The van der Waals surface area contributed by atoms with Crippen LogP contribution in [0.5, 0.6) is 5.75 Å². The topological polar surface area (TPSA) is 71.5 Å². The van der Waals surface area contributed by atoms with E-state index in [1.165, 1.54) is 6.20 Å². The number of nitrogens with one attached hydrogen (secondary N) is 1. The summed E-state index contributed by atoms with van der Waals surface area (Å²) in [5, 5.41) is 2.71. The van der Waals surface area contributed by atoms with E-state index in [1.54, 1.807) is 24.1 Å². The van der Waals surface area contributed by atoms with Crippen molar-refractivity contribution >= 4 is 17.6 Å². The van der Waals surface area contributed by atoms with Gasteiger partial charge in [0.05, 0.1) is 5.56 Å². The highest BCUT2D eigenvalue weighted by molar-refractivity contribution is 5.95. The predicted molar refractivity (Wildman–Crippen MR) is 132 cm³/mol. The Balaban J connectivity index is 1.33. The van der Waals surface area contributed by atoms with Gasteiger partial charge < -0.3 is 15.0 Å². The zero-order valence-corrected chi connectivity index (χ0v) is 18.8. The van der Waals surface area contributed by atoms with Crippen LogP contribution in [0.3, 0.4) is 0 Å². The van der Waals surface area contributed by atoms with Gasteiger partial charge in [-0.2, -0.15) is 0 Å². The van der Waals surface area contributed by atoms with Crippen molar-refractivity contribution in [3.63, 3.8) is 0 Å². The van der Waals surface area contributed by atoms with Crippen LogP contribution in [0.2, 0.25) is 0 Å². The lowest BCUT2D eigenvalue weighted by atomic mass is 10.1. The molecule has 4 rings (SSSR count). The number of nitrogens with zero attached hydrogens (tertiary/aromatic N) is 2. The van der Waals surface area contributed by atoms with Crippen LogP contribution in [0.15, 0.2) is 103 Å². The molecule has 0 aliphatic carbocycles. The Labute approximate surface area is 198 Å². The lowest BCUT2D eigenvalue weighted by Gasteiger charge is -2.17. The molecule has 0 bridgehead atoms. The Kier molecular flexibility index (Phi) is 7.30. The van der Waals surface area contributed by atoms with Crippen molar-refractivity contribution in [2.75, 3.05) is 19.0 Å². The van der Waals surface area contributed by atoms with Crippen LogP contribution in [0.1, 0.15) is 15.9 Å². The van der Waals surface area contributed by atoms with Crippen LogP contribution in [0.4, 0.5) is 5.82 Å². The maximum absolute atomic E-state index is 12.7. The Morgan fingerprint density at radius 3 is 2.24 bits per heavy atom. The summed E-state index contributed by atoms with van der Waals surface area (Å²) in [4.78, 5) is 30.9. The highest BCUT2D eigenvalue weighted by Gasteiger charge is 2.14. The maximum atomic E-state index is 12.7. The van der Waals surface area contributed by atoms with Gasteiger partial charge in [0.2, 0.25) is 0 Å². The zero-order chi connectivity index (χ0) is 23.8. The molecule has 0 aliphatic heterocycles. The lowest BCUT2D eigenvalue weighted by Crippen LogP contribution is -2.26. The standard InChI is InChI=1S/C28H25N3O3/c1-31(19-21-10-4-2-5-11-21)28(33)23-16-17-26(29-18-23)30-27(32)20-34-25-15-9-8-14-24(25)22-12-6-3-7-13-22/h2-18H,19-20H2,1H3,(H,29,30,32). The molecule has 0 radical (unpaired) electrons. The molecule has 6 heteroatoms. The van der Waals surface area contributed by atoms with Gasteiger partial charge in [-0.3, -0.25) is 9.59 Å². The van der Waals surface area contributed by atoms with Crippen molar-refractivity contribution < 1.29 is 14.3 Å². The van der Waals surface area contributed by atoms with E-state index < -0.39 is 0 Å². The van der Waals surface area contributed by atoms with Gasteiger partial charge in [0.1, 0.15) is 11.6 Å². The molecule has 0 fully saturated rings. The molecule has 3 aromatic carbocycles. The number of rotatable bonds is 8. The van der Waals surface area contributed by atoms with Crippen molar-refractivity contribution in [1.82, 2.24) is 9.88 Å². The average molecular weight is 452 g/mol. The highest BCUT2D eigenvalue weighted by atomic mass is 16.5. The van der Waals surface area contributed by atoms with Gasteiger partial charge in [-0.05, 0) is 29.3 Å². The van der Waals surface area contributed by atoms with E-state index >= 15 is 0 Å². The van der Waals surface area contributed by atoms with Crippen LogP contribution in [0, 0.1) is 0 Å². The third-order valence-corrected chi connectivity index (χ3v) is 5.22. The number of carbonyl (C=O) groups excluding carboxylic acids is 2. The first kappa shape index (κ1) is 22.7. The van der Waals surface area contributed by atoms with Gasteiger partial charge in [0.25, 0.3) is 11.8 Å². The molecule has 0 atom stereocenters. The number of hydrogen-bond acceptors (Lipinski definition) is 4. The molecule has 0 saturated heterocycles. The largest absolute Gasteiger partial charge is 0.483 e. The Bertz CT molecular complexity index is 1240. The Hall–Kier alpha value is -4.45. The summed E-state index contributed by atoms with van der Waals surface area (Å²) >= 11 is 0. The predicted octanol–water partition coefficient (Wildman–Crippen LogP) is 5.04. The summed E-state index contributed by atoms with van der Waals surface area (Å²) in [5.74, 6) is 0.497. The van der Waals surface area contributed by atoms with E-state index in [-0.39, 0.29) is 18.4 Å². The van der Waals surface area contributed by atoms with Crippen molar-refractivity contribution in [2.24, 2.45) is 0 Å². The summed E-state index contributed by atoms with van der Waals surface area (Å²) in [6.07, 6.45) is 1.46. The molecular weight excluding hydrogens is 426 g/mol. The van der Waals surface area contributed by atoms with Gasteiger partial charge in [-0.15, -0.1) is 0 Å². The molecule has 1 aromatic heterocycles. The molecule has 170 valence electrons. The van der Waals surface area contributed by atoms with Crippen molar-refractivity contribution in [1.29, 1.82) is 0 Å². The summed E-state index contributed by atoms with van der Waals surface area (Å²) in [5.41, 5.74) is 3.42. The molecule has 0 saturated carbocycles. The number of pyridine rings is 1. The van der Waals surface area contributed by atoms with Crippen molar-refractivity contribution in [3.05, 3.63) is 114 Å². The van der Waals surface area contributed by atoms with Crippen LogP contribution in [0.25, 0.3) is 11.1 Å². The third kappa shape index (κ3) is 5.86. The quantitative estimate of drug-likeness (QED) is 0.408. The van der Waals surface area contributed by atoms with Crippen molar-refractivity contribution in [2.45, 2.75) is 6.54 Å². The SMILES string of the molecule is CN(Cc1ccccc1)C(=O)c1ccc(NC(=O)COc2ccccc2-c2ccccc2)nc1. The molecule has 6 nitrogen and oxygen atoms in total. The van der Waals surface area contributed by atoms with E-state index in [2.05, 4.69) is 10.3 Å². The smallest absolute Gasteiger partial charge is 0.263 e. The van der Waals surface area contributed by atoms with Gasteiger partial charge in [-0.1, -0.05) is 78.9 Å². The van der Waals surface area contributed by atoms with Crippen molar-refractivity contribution in [3.8, 4) is 16.9 Å². The minimum Gasteiger partial charge on any atom is -0.483 e. The minimum absolute atomic E-state index is 0.143. The number of carbonyl (C=O) groups is 2. The highest BCUT2D eigenvalue weighted by Crippen LogP contribution is 2.29. The van der Waals surface area contributed by atoms with Gasteiger partial charge in [0, 0.05) is 25.4 Å². The summed E-state index contributed by atoms with van der Waals surface area (Å²) in [6.45, 7) is 0.339. The first-order valence-corrected chi connectivity index (χ1v) is 10.9. The van der Waals surface area contributed by atoms with E-state index in [0.717, 1.165) is 16.7 Å². The van der Waals surface area contributed by atoms with Crippen LogP contribution in [-0.2, 0) is 11.3 Å². The van der Waals surface area contributed by atoms with E-state index in [1.807, 2.05) is 84.9 Å². The van der Waals surface area contributed by atoms with E-state index in [4.69, 9.17) is 4.74 Å². The maximum Gasteiger partial charge on any atom is 0.263 e. The second-order valence-corrected chi connectivity index (χ2v) is 7.78. The molecule has 2 amide bonds. The normalized spacial score (nSPS) is 10.4. The minimum atomic E-state index is -0.337. The first-order valence-electron chi connectivity index (χ1n) is 10.9. The summed E-state index contributed by atoms with van der Waals surface area (Å²) < 4.78 is 5.77. The van der Waals surface area contributed by atoms with Gasteiger partial charge in [-0.25, -0.2) is 4.98 Å². The second-order valence-electron chi connectivity index (χ2n) is 7.78. The first-order chi connectivity index (χ1) is 16.6. The number of ether oxygens (including phenoxy) is 1. The molecule has 4 aromatic rings. The van der Waals surface area contributed by atoms with E-state index in [0.29, 0.717) is 23.7 Å². The fourth-order valence-electron chi connectivity index (χ4n) is 3.51. The Morgan fingerprint density at radius 2 is 1.53 bits per heavy atom. The third-order valence-electron chi connectivity index (χ3n) is 5.22. The van der Waals surface area contributed by atoms with Crippen LogP contribution < -0.4 is 10.1 Å². The molecule has 0 spiro atoms. The molecule has 1 N–H and O–H groups in total. The van der Waals surface area contributed by atoms with E-state index in [9.17, 15) is 9.59 Å². The number of anilines is 1. The molecule has 0 aliphatic rings. The average Bonchev–Trinajstić information content (AvgIpc) is 2.89. The van der Waals surface area contributed by atoms with Gasteiger partial charge >= 0.3 is 0 Å². The molecule has 0 unspecified atom stereocenters. The monoisotopic (exact) mass is 451 g/mol. The number of benzene rings is 3. The number of hydrogen-bond donors (Lipinski definition) is 1. The summed E-state index contributed by atoms with van der Waals surface area (Å²) in [7, 11) is 1.75. The van der Waals surface area contributed by atoms with Crippen LogP contribution in [-0.4, -0.2) is 35.4 Å². The number of amides is 2. The molecule has 1 heterocycles. The molecular formula is C28H25N3O3. The second kappa shape index (κ2) is 10.9. The van der Waals surface area contributed by atoms with Gasteiger partial charge in [0.15, 0.2) is 6.61 Å². The zero-order valence-electron chi connectivity index (χ0n) is 18.8.